The maximum Gasteiger partial charge on any atom is 0.335 e. The summed E-state index contributed by atoms with van der Waals surface area (Å²) in [5.41, 5.74) is 0.978. The highest BCUT2D eigenvalue weighted by Crippen LogP contribution is 2.36. The standard InChI is InChI=1S/C16H21NO3/c1-16(8-4-5-9-16)11-17-14(18)10-12-6-2-3-7-13(12)15(19)20/h2-3,6-7H,4-5,8-11H2,1H3,(H,17,18)(H,19,20). The topological polar surface area (TPSA) is 66.4 Å². The van der Waals surface area contributed by atoms with Crippen LogP contribution in [0.2, 0.25) is 0 Å². The van der Waals surface area contributed by atoms with Crippen molar-refractivity contribution in [3.63, 3.8) is 0 Å². The smallest absolute Gasteiger partial charge is 0.335 e. The Kier molecular flexibility index (Phi) is 4.42. The number of hydrogen-bond donors (Lipinski definition) is 2. The van der Waals surface area contributed by atoms with E-state index in [1.54, 1.807) is 18.2 Å². The summed E-state index contributed by atoms with van der Waals surface area (Å²) in [6.45, 7) is 2.88. The molecule has 0 atom stereocenters. The second-order valence-corrected chi connectivity index (χ2v) is 5.93. The van der Waals surface area contributed by atoms with Crippen molar-refractivity contribution in [2.45, 2.75) is 39.0 Å². The lowest BCUT2D eigenvalue weighted by atomic mass is 9.89. The van der Waals surface area contributed by atoms with Gasteiger partial charge in [0.05, 0.1) is 12.0 Å². The Morgan fingerprint density at radius 3 is 2.55 bits per heavy atom. The maximum atomic E-state index is 12.0. The van der Waals surface area contributed by atoms with E-state index in [4.69, 9.17) is 5.11 Å². The van der Waals surface area contributed by atoms with Gasteiger partial charge in [-0.25, -0.2) is 4.79 Å². The molecule has 4 nitrogen and oxygen atoms in total. The lowest BCUT2D eigenvalue weighted by molar-refractivity contribution is -0.120. The Balaban J connectivity index is 1.93. The fourth-order valence-electron chi connectivity index (χ4n) is 2.84. The molecular formula is C16H21NO3. The highest BCUT2D eigenvalue weighted by Gasteiger charge is 2.28. The van der Waals surface area contributed by atoms with Gasteiger partial charge in [-0.2, -0.15) is 0 Å². The zero-order chi connectivity index (χ0) is 14.6. The molecular weight excluding hydrogens is 254 g/mol. The Morgan fingerprint density at radius 2 is 1.90 bits per heavy atom. The van der Waals surface area contributed by atoms with Crippen molar-refractivity contribution < 1.29 is 14.7 Å². The first-order chi connectivity index (χ1) is 9.50. The summed E-state index contributed by atoms with van der Waals surface area (Å²) in [6, 6.07) is 6.65. The fourth-order valence-corrected chi connectivity index (χ4v) is 2.84. The molecule has 0 radical (unpaired) electrons. The van der Waals surface area contributed by atoms with E-state index in [9.17, 15) is 9.59 Å². The van der Waals surface area contributed by atoms with Gasteiger partial charge in [0, 0.05) is 6.54 Å². The maximum absolute atomic E-state index is 12.0. The molecule has 20 heavy (non-hydrogen) atoms. The summed E-state index contributed by atoms with van der Waals surface area (Å²) in [4.78, 5) is 23.1. The summed E-state index contributed by atoms with van der Waals surface area (Å²) in [7, 11) is 0. The third kappa shape index (κ3) is 3.59. The molecule has 0 spiro atoms. The summed E-state index contributed by atoms with van der Waals surface area (Å²) >= 11 is 0. The SMILES string of the molecule is CC1(CNC(=O)Cc2ccccc2C(=O)O)CCCC1. The van der Waals surface area contributed by atoms with E-state index in [0.29, 0.717) is 12.1 Å². The monoisotopic (exact) mass is 275 g/mol. The Bertz CT molecular complexity index is 504. The van der Waals surface area contributed by atoms with E-state index in [1.807, 2.05) is 0 Å². The van der Waals surface area contributed by atoms with Crippen LogP contribution in [-0.4, -0.2) is 23.5 Å². The Morgan fingerprint density at radius 1 is 1.25 bits per heavy atom. The fraction of sp³-hybridized carbons (Fsp3) is 0.500. The number of carbonyl (C=O) groups is 2. The van der Waals surface area contributed by atoms with E-state index in [2.05, 4.69) is 12.2 Å². The molecule has 2 N–H and O–H groups in total. The molecule has 1 aliphatic carbocycles. The van der Waals surface area contributed by atoms with Crippen molar-refractivity contribution in [2.75, 3.05) is 6.54 Å². The van der Waals surface area contributed by atoms with Crippen LogP contribution in [0.5, 0.6) is 0 Å². The molecule has 0 saturated heterocycles. The molecule has 0 aliphatic heterocycles. The first-order valence-corrected chi connectivity index (χ1v) is 7.08. The van der Waals surface area contributed by atoms with Crippen LogP contribution in [0.25, 0.3) is 0 Å². The Hall–Kier alpha value is -1.84. The van der Waals surface area contributed by atoms with Crippen LogP contribution in [0.1, 0.15) is 48.5 Å². The number of nitrogens with one attached hydrogen (secondary N) is 1. The third-order valence-corrected chi connectivity index (χ3v) is 4.12. The molecule has 1 amide bonds. The molecule has 1 aliphatic rings. The predicted octanol–water partition coefficient (Wildman–Crippen LogP) is 2.62. The summed E-state index contributed by atoms with van der Waals surface area (Å²) in [6.07, 6.45) is 4.89. The second kappa shape index (κ2) is 6.07. The van der Waals surface area contributed by atoms with Gasteiger partial charge in [0.1, 0.15) is 0 Å². The van der Waals surface area contributed by atoms with E-state index in [0.717, 1.165) is 12.8 Å². The quantitative estimate of drug-likeness (QED) is 0.868. The molecule has 1 aromatic rings. The molecule has 0 heterocycles. The number of benzene rings is 1. The zero-order valence-electron chi connectivity index (χ0n) is 11.8. The van der Waals surface area contributed by atoms with Gasteiger partial charge in [-0.15, -0.1) is 0 Å². The van der Waals surface area contributed by atoms with Crippen molar-refractivity contribution in [1.29, 1.82) is 0 Å². The van der Waals surface area contributed by atoms with Gasteiger partial charge in [0.25, 0.3) is 0 Å². The first kappa shape index (κ1) is 14.6. The average Bonchev–Trinajstić information content (AvgIpc) is 2.84. The van der Waals surface area contributed by atoms with E-state index in [-0.39, 0.29) is 23.3 Å². The van der Waals surface area contributed by atoms with Crippen LogP contribution < -0.4 is 5.32 Å². The van der Waals surface area contributed by atoms with Crippen LogP contribution in [0.3, 0.4) is 0 Å². The lowest BCUT2D eigenvalue weighted by Crippen LogP contribution is -2.35. The number of rotatable bonds is 5. The van der Waals surface area contributed by atoms with E-state index >= 15 is 0 Å². The lowest BCUT2D eigenvalue weighted by Gasteiger charge is -2.23. The van der Waals surface area contributed by atoms with E-state index in [1.165, 1.54) is 18.9 Å². The van der Waals surface area contributed by atoms with Crippen LogP contribution in [0.4, 0.5) is 0 Å². The molecule has 0 aromatic heterocycles. The average molecular weight is 275 g/mol. The second-order valence-electron chi connectivity index (χ2n) is 5.93. The van der Waals surface area contributed by atoms with Gasteiger partial charge in [0.2, 0.25) is 5.91 Å². The molecule has 2 rings (SSSR count). The first-order valence-electron chi connectivity index (χ1n) is 7.08. The van der Waals surface area contributed by atoms with Crippen LogP contribution in [-0.2, 0) is 11.2 Å². The van der Waals surface area contributed by atoms with Gasteiger partial charge < -0.3 is 10.4 Å². The van der Waals surface area contributed by atoms with Crippen molar-refractivity contribution in [3.8, 4) is 0 Å². The van der Waals surface area contributed by atoms with Gasteiger partial charge in [-0.1, -0.05) is 38.0 Å². The highest BCUT2D eigenvalue weighted by atomic mass is 16.4. The van der Waals surface area contributed by atoms with Crippen molar-refractivity contribution in [3.05, 3.63) is 35.4 Å². The number of amides is 1. The molecule has 0 unspecified atom stereocenters. The minimum absolute atomic E-state index is 0.105. The third-order valence-electron chi connectivity index (χ3n) is 4.12. The van der Waals surface area contributed by atoms with Crippen LogP contribution in [0.15, 0.2) is 24.3 Å². The number of hydrogen-bond acceptors (Lipinski definition) is 2. The normalized spacial score (nSPS) is 16.9. The van der Waals surface area contributed by atoms with Crippen LogP contribution >= 0.6 is 0 Å². The number of carbonyl (C=O) groups excluding carboxylic acids is 1. The van der Waals surface area contributed by atoms with Gasteiger partial charge >= 0.3 is 5.97 Å². The summed E-state index contributed by atoms with van der Waals surface area (Å²) < 4.78 is 0. The molecule has 4 heteroatoms. The van der Waals surface area contributed by atoms with Crippen molar-refractivity contribution in [1.82, 2.24) is 5.32 Å². The van der Waals surface area contributed by atoms with Gasteiger partial charge in [-0.05, 0) is 29.9 Å². The minimum atomic E-state index is -0.990. The summed E-state index contributed by atoms with van der Waals surface area (Å²) in [5, 5.41) is 12.0. The molecule has 1 saturated carbocycles. The van der Waals surface area contributed by atoms with Crippen LogP contribution in [0, 0.1) is 5.41 Å². The number of carboxylic acids is 1. The molecule has 1 aromatic carbocycles. The predicted molar refractivity (Wildman–Crippen MR) is 76.7 cm³/mol. The Labute approximate surface area is 119 Å². The van der Waals surface area contributed by atoms with Crippen molar-refractivity contribution in [2.24, 2.45) is 5.41 Å². The molecule has 0 bridgehead atoms. The zero-order valence-corrected chi connectivity index (χ0v) is 11.8. The van der Waals surface area contributed by atoms with Gasteiger partial charge in [-0.3, -0.25) is 4.79 Å². The minimum Gasteiger partial charge on any atom is -0.478 e. The number of aromatic carboxylic acids is 1. The molecule has 1 fully saturated rings. The summed E-state index contributed by atoms with van der Waals surface area (Å²) in [5.74, 6) is -1.09. The van der Waals surface area contributed by atoms with E-state index < -0.39 is 5.97 Å². The number of carboxylic acid groups (broad SMARTS) is 1. The molecule has 108 valence electrons. The van der Waals surface area contributed by atoms with Gasteiger partial charge in [0.15, 0.2) is 0 Å². The largest absolute Gasteiger partial charge is 0.478 e. The highest BCUT2D eigenvalue weighted by molar-refractivity contribution is 5.91. The van der Waals surface area contributed by atoms with Crippen molar-refractivity contribution >= 4 is 11.9 Å².